The maximum absolute atomic E-state index is 12.2. The van der Waals surface area contributed by atoms with Gasteiger partial charge >= 0.3 is 18.1 Å². The second-order valence-electron chi connectivity index (χ2n) is 5.46. The third-order valence-corrected chi connectivity index (χ3v) is 4.03. The number of ether oxygens (including phenoxy) is 1. The fourth-order valence-electron chi connectivity index (χ4n) is 3.17. The highest BCUT2D eigenvalue weighted by atomic mass is 19.4. The van der Waals surface area contributed by atoms with Gasteiger partial charge < -0.3 is 15.2 Å². The Labute approximate surface area is 107 Å². The number of nitrogens with one attached hydrogen (secondary N) is 1. The molecule has 5 nitrogen and oxygen atoms in total. The van der Waals surface area contributed by atoms with Crippen LogP contribution in [0, 0.1) is 5.41 Å². The Morgan fingerprint density at radius 2 is 1.84 bits per heavy atom. The van der Waals surface area contributed by atoms with Gasteiger partial charge in [0.2, 0.25) is 0 Å². The average molecular weight is 281 g/mol. The summed E-state index contributed by atoms with van der Waals surface area (Å²) < 4.78 is 41.6. The predicted molar refractivity (Wildman–Crippen MR) is 56.3 cm³/mol. The Morgan fingerprint density at radius 3 is 2.21 bits per heavy atom. The van der Waals surface area contributed by atoms with Crippen molar-refractivity contribution in [2.24, 2.45) is 5.41 Å². The van der Waals surface area contributed by atoms with Crippen LogP contribution in [-0.2, 0) is 14.3 Å². The zero-order chi connectivity index (χ0) is 14.5. The van der Waals surface area contributed by atoms with Crippen LogP contribution in [-0.4, -0.2) is 41.9 Å². The Balaban J connectivity index is 2.00. The molecule has 1 amide bonds. The summed E-state index contributed by atoms with van der Waals surface area (Å²) in [6, 6.07) is 0. The maximum Gasteiger partial charge on any atom is 0.471 e. The quantitative estimate of drug-likeness (QED) is 0.811. The number of rotatable bonds is 3. The third kappa shape index (κ3) is 2.29. The molecule has 2 N–H and O–H groups in total. The molecule has 0 unspecified atom stereocenters. The van der Waals surface area contributed by atoms with Crippen LogP contribution in [0.25, 0.3) is 0 Å². The fourth-order valence-corrected chi connectivity index (χ4v) is 3.17. The van der Waals surface area contributed by atoms with Gasteiger partial charge in [0.1, 0.15) is 5.54 Å². The van der Waals surface area contributed by atoms with Gasteiger partial charge in [0.05, 0.1) is 6.10 Å². The number of halogens is 3. The first-order chi connectivity index (χ1) is 8.62. The van der Waals surface area contributed by atoms with Crippen LogP contribution in [0.4, 0.5) is 13.2 Å². The van der Waals surface area contributed by atoms with Gasteiger partial charge in [-0.3, -0.25) is 4.79 Å². The van der Waals surface area contributed by atoms with Crippen molar-refractivity contribution in [2.45, 2.75) is 43.5 Å². The number of carbonyl (C=O) groups excluding carboxylic acids is 1. The van der Waals surface area contributed by atoms with E-state index in [0.717, 1.165) is 0 Å². The number of alkyl halides is 3. The molecule has 0 aromatic heterocycles. The molecule has 19 heavy (non-hydrogen) atoms. The first-order valence-electron chi connectivity index (χ1n) is 5.78. The second kappa shape index (κ2) is 4.09. The molecule has 2 aliphatic carbocycles. The fraction of sp³-hybridized carbons (Fsp3) is 0.818. The van der Waals surface area contributed by atoms with Gasteiger partial charge in [-0.05, 0) is 31.1 Å². The van der Waals surface area contributed by atoms with Crippen molar-refractivity contribution in [1.82, 2.24) is 5.32 Å². The SMILES string of the molecule is COC1CC2(C1)CC(NC(=O)C(F)(F)F)(C(=O)O)C2. The molecule has 1 spiro atoms. The minimum absolute atomic E-state index is 0.0248. The van der Waals surface area contributed by atoms with Crippen molar-refractivity contribution in [3.63, 3.8) is 0 Å². The topological polar surface area (TPSA) is 75.6 Å². The summed E-state index contributed by atoms with van der Waals surface area (Å²) in [6.45, 7) is 0. The summed E-state index contributed by atoms with van der Waals surface area (Å²) in [5.74, 6) is -3.62. The molecule has 8 heteroatoms. The Bertz CT molecular complexity index is 407. The predicted octanol–water partition coefficient (Wildman–Crippen LogP) is 1.08. The lowest BCUT2D eigenvalue weighted by molar-refractivity contribution is -0.193. The van der Waals surface area contributed by atoms with Crippen molar-refractivity contribution in [3.8, 4) is 0 Å². The van der Waals surface area contributed by atoms with E-state index in [9.17, 15) is 22.8 Å². The number of methoxy groups -OCH3 is 1. The second-order valence-corrected chi connectivity index (χ2v) is 5.46. The Kier molecular flexibility index (Phi) is 3.04. The molecule has 0 saturated heterocycles. The van der Waals surface area contributed by atoms with Gasteiger partial charge in [0, 0.05) is 7.11 Å². The smallest absolute Gasteiger partial charge is 0.471 e. The monoisotopic (exact) mass is 281 g/mol. The van der Waals surface area contributed by atoms with Crippen molar-refractivity contribution in [3.05, 3.63) is 0 Å². The van der Waals surface area contributed by atoms with Gasteiger partial charge in [-0.2, -0.15) is 13.2 Å². The number of carboxylic acids is 1. The molecule has 0 aliphatic heterocycles. The zero-order valence-electron chi connectivity index (χ0n) is 10.2. The van der Waals surface area contributed by atoms with E-state index in [1.807, 2.05) is 0 Å². The number of hydrogen-bond acceptors (Lipinski definition) is 3. The number of amides is 1. The van der Waals surface area contributed by atoms with Gasteiger partial charge in [-0.15, -0.1) is 0 Å². The molecule has 0 aromatic carbocycles. The Hall–Kier alpha value is -1.31. The highest BCUT2D eigenvalue weighted by molar-refractivity contribution is 5.90. The van der Waals surface area contributed by atoms with E-state index in [1.54, 1.807) is 5.32 Å². The lowest BCUT2D eigenvalue weighted by Gasteiger charge is -2.61. The molecule has 0 aromatic rings. The standard InChI is InChI=1S/C11H14F3NO4/c1-19-6-2-9(3-6)4-10(5-9,8(17)18)15-7(16)11(12,13)14/h6H,2-5H2,1H3,(H,15,16)(H,17,18). The highest BCUT2D eigenvalue weighted by Gasteiger charge is 2.65. The number of hydrogen-bond donors (Lipinski definition) is 2. The zero-order valence-corrected chi connectivity index (χ0v) is 10.2. The van der Waals surface area contributed by atoms with Gasteiger partial charge in [0.15, 0.2) is 0 Å². The summed E-state index contributed by atoms with van der Waals surface area (Å²) in [5, 5.41) is 10.7. The molecule has 0 atom stereocenters. The number of carboxylic acid groups (broad SMARTS) is 1. The maximum atomic E-state index is 12.2. The average Bonchev–Trinajstić information content (AvgIpc) is 2.17. The van der Waals surface area contributed by atoms with Crippen LogP contribution in [0.2, 0.25) is 0 Å². The van der Waals surface area contributed by atoms with E-state index in [2.05, 4.69) is 0 Å². The number of carbonyl (C=O) groups is 2. The molecule has 0 bridgehead atoms. The van der Waals surface area contributed by atoms with Crippen LogP contribution >= 0.6 is 0 Å². The van der Waals surface area contributed by atoms with E-state index in [4.69, 9.17) is 9.84 Å². The minimum Gasteiger partial charge on any atom is -0.480 e. The lowest BCUT2D eigenvalue weighted by Crippen LogP contribution is -2.71. The molecule has 2 aliphatic rings. The molecule has 0 radical (unpaired) electrons. The molecule has 108 valence electrons. The molecular weight excluding hydrogens is 267 g/mol. The van der Waals surface area contributed by atoms with Gasteiger partial charge in [-0.25, -0.2) is 4.79 Å². The first kappa shape index (κ1) is 14.1. The molecular formula is C11H14F3NO4. The minimum atomic E-state index is -5.07. The molecule has 2 saturated carbocycles. The van der Waals surface area contributed by atoms with Crippen LogP contribution in [0.3, 0.4) is 0 Å². The third-order valence-electron chi connectivity index (χ3n) is 4.03. The van der Waals surface area contributed by atoms with Gasteiger partial charge in [0.25, 0.3) is 0 Å². The van der Waals surface area contributed by atoms with Crippen molar-refractivity contribution in [1.29, 1.82) is 0 Å². The van der Waals surface area contributed by atoms with E-state index in [1.165, 1.54) is 7.11 Å². The summed E-state index contributed by atoms with van der Waals surface area (Å²) in [6.07, 6.45) is -3.74. The molecule has 2 rings (SSSR count). The largest absolute Gasteiger partial charge is 0.480 e. The van der Waals surface area contributed by atoms with Crippen LogP contribution in [0.1, 0.15) is 25.7 Å². The molecule has 0 heterocycles. The van der Waals surface area contributed by atoms with E-state index >= 15 is 0 Å². The number of aliphatic carboxylic acids is 1. The van der Waals surface area contributed by atoms with E-state index in [0.29, 0.717) is 12.8 Å². The van der Waals surface area contributed by atoms with E-state index in [-0.39, 0.29) is 24.4 Å². The normalized spacial score (nSPS) is 37.4. The van der Waals surface area contributed by atoms with Crippen LogP contribution < -0.4 is 5.32 Å². The van der Waals surface area contributed by atoms with E-state index < -0.39 is 23.6 Å². The summed E-state index contributed by atoms with van der Waals surface area (Å²) in [4.78, 5) is 22.0. The van der Waals surface area contributed by atoms with Crippen molar-refractivity contribution >= 4 is 11.9 Å². The molecule has 2 fully saturated rings. The van der Waals surface area contributed by atoms with Crippen molar-refractivity contribution in [2.75, 3.05) is 7.11 Å². The van der Waals surface area contributed by atoms with Crippen LogP contribution in [0.5, 0.6) is 0 Å². The van der Waals surface area contributed by atoms with Crippen LogP contribution in [0.15, 0.2) is 0 Å². The first-order valence-corrected chi connectivity index (χ1v) is 5.78. The lowest BCUT2D eigenvalue weighted by atomic mass is 9.47. The highest BCUT2D eigenvalue weighted by Crippen LogP contribution is 2.61. The summed E-state index contributed by atoms with van der Waals surface area (Å²) in [5.41, 5.74) is -2.08. The Morgan fingerprint density at radius 1 is 1.32 bits per heavy atom. The summed E-state index contributed by atoms with van der Waals surface area (Å²) >= 11 is 0. The van der Waals surface area contributed by atoms with Crippen molar-refractivity contribution < 1.29 is 32.6 Å². The summed E-state index contributed by atoms with van der Waals surface area (Å²) in [7, 11) is 1.53. The van der Waals surface area contributed by atoms with Gasteiger partial charge in [-0.1, -0.05) is 0 Å².